The van der Waals surface area contributed by atoms with Crippen LogP contribution in [0, 0.1) is 17.8 Å². The van der Waals surface area contributed by atoms with E-state index in [1.165, 1.54) is 19.3 Å². The molecule has 1 heterocycles. The van der Waals surface area contributed by atoms with Gasteiger partial charge in [-0.2, -0.15) is 0 Å². The van der Waals surface area contributed by atoms with Gasteiger partial charge < -0.3 is 0 Å². The molecule has 1 aromatic rings. The Kier molecular flexibility index (Phi) is 1.54. The monoisotopic (exact) mass is 191 g/mol. The molecular formula is C10H13N3O. The fourth-order valence-electron chi connectivity index (χ4n) is 2.89. The molecule has 74 valence electrons. The van der Waals surface area contributed by atoms with Crippen LogP contribution in [0.25, 0.3) is 0 Å². The number of carbonyl (C=O) groups is 1. The minimum atomic E-state index is 0.257. The number of hydrogen-bond acceptors (Lipinski definition) is 3. The van der Waals surface area contributed by atoms with Gasteiger partial charge in [0.2, 0.25) is 0 Å². The molecule has 0 bridgehead atoms. The molecule has 2 fully saturated rings. The van der Waals surface area contributed by atoms with Crippen molar-refractivity contribution >= 4 is 5.78 Å². The number of fused-ring (bicyclic) bond motifs is 1. The molecule has 3 rings (SSSR count). The van der Waals surface area contributed by atoms with Gasteiger partial charge in [-0.25, -0.2) is 4.68 Å². The number of aryl methyl sites for hydroxylation is 1. The molecular weight excluding hydrogens is 178 g/mol. The van der Waals surface area contributed by atoms with Gasteiger partial charge in [-0.3, -0.25) is 4.79 Å². The van der Waals surface area contributed by atoms with Crippen LogP contribution in [-0.4, -0.2) is 20.8 Å². The zero-order chi connectivity index (χ0) is 9.71. The summed E-state index contributed by atoms with van der Waals surface area (Å²) in [5.41, 5.74) is 0.671. The first-order valence-corrected chi connectivity index (χ1v) is 5.18. The van der Waals surface area contributed by atoms with Crippen molar-refractivity contribution in [3.05, 3.63) is 11.9 Å². The largest absolute Gasteiger partial charge is 0.292 e. The topological polar surface area (TPSA) is 47.8 Å². The van der Waals surface area contributed by atoms with E-state index in [0.717, 1.165) is 0 Å². The molecule has 2 unspecified atom stereocenters. The van der Waals surface area contributed by atoms with Crippen molar-refractivity contribution in [3.63, 3.8) is 0 Å². The number of rotatable bonds is 2. The molecule has 2 atom stereocenters. The van der Waals surface area contributed by atoms with E-state index in [1.807, 2.05) is 0 Å². The summed E-state index contributed by atoms with van der Waals surface area (Å²) >= 11 is 0. The Morgan fingerprint density at radius 3 is 2.79 bits per heavy atom. The van der Waals surface area contributed by atoms with Crippen molar-refractivity contribution in [3.8, 4) is 0 Å². The van der Waals surface area contributed by atoms with Crippen molar-refractivity contribution in [2.45, 2.75) is 19.3 Å². The predicted molar refractivity (Wildman–Crippen MR) is 49.7 cm³/mol. The van der Waals surface area contributed by atoms with Gasteiger partial charge in [0.15, 0.2) is 5.78 Å². The summed E-state index contributed by atoms with van der Waals surface area (Å²) < 4.78 is 1.58. The Hall–Kier alpha value is -1.19. The van der Waals surface area contributed by atoms with Crippen molar-refractivity contribution in [2.24, 2.45) is 24.8 Å². The summed E-state index contributed by atoms with van der Waals surface area (Å²) in [6.07, 6.45) is 5.37. The third-order valence-electron chi connectivity index (χ3n) is 3.68. The maximum absolute atomic E-state index is 12.0. The van der Waals surface area contributed by atoms with E-state index < -0.39 is 0 Å². The second-order valence-electron chi connectivity index (χ2n) is 4.39. The second-order valence-corrected chi connectivity index (χ2v) is 4.39. The average Bonchev–Trinajstić information content (AvgIpc) is 2.57. The standard InChI is InChI=1S/C10H13N3O/c1-13-8(5-11-12-13)10(14)9-6-3-2-4-7(6)9/h5-7,9H,2-4H2,1H3. The van der Waals surface area contributed by atoms with E-state index >= 15 is 0 Å². The number of nitrogens with zero attached hydrogens (tertiary/aromatic N) is 3. The lowest BCUT2D eigenvalue weighted by Gasteiger charge is -2.01. The van der Waals surface area contributed by atoms with Gasteiger partial charge in [0.1, 0.15) is 5.69 Å². The highest BCUT2D eigenvalue weighted by molar-refractivity contribution is 5.98. The van der Waals surface area contributed by atoms with E-state index in [-0.39, 0.29) is 5.78 Å². The van der Waals surface area contributed by atoms with Gasteiger partial charge >= 0.3 is 0 Å². The molecule has 14 heavy (non-hydrogen) atoms. The maximum atomic E-state index is 12.0. The molecule has 0 aliphatic heterocycles. The molecule has 0 aromatic carbocycles. The minimum absolute atomic E-state index is 0.257. The molecule has 0 N–H and O–H groups in total. The quantitative estimate of drug-likeness (QED) is 0.656. The SMILES string of the molecule is Cn1nncc1C(=O)C1C2CCCC21. The van der Waals surface area contributed by atoms with Crippen LogP contribution in [0.2, 0.25) is 0 Å². The summed E-state index contributed by atoms with van der Waals surface area (Å²) in [6, 6.07) is 0. The van der Waals surface area contributed by atoms with Crippen LogP contribution >= 0.6 is 0 Å². The molecule has 0 saturated heterocycles. The summed E-state index contributed by atoms with van der Waals surface area (Å²) in [4.78, 5) is 12.0. The van der Waals surface area contributed by atoms with Gasteiger partial charge in [-0.15, -0.1) is 5.10 Å². The van der Waals surface area contributed by atoms with Crippen molar-refractivity contribution in [2.75, 3.05) is 0 Å². The smallest absolute Gasteiger partial charge is 0.186 e. The normalized spacial score (nSPS) is 34.2. The lowest BCUT2D eigenvalue weighted by Crippen LogP contribution is -2.11. The molecule has 2 aliphatic carbocycles. The number of ketones is 1. The van der Waals surface area contributed by atoms with Crippen LogP contribution in [0.15, 0.2) is 6.20 Å². The first kappa shape index (κ1) is 8.15. The highest BCUT2D eigenvalue weighted by Gasteiger charge is 2.56. The van der Waals surface area contributed by atoms with E-state index in [2.05, 4.69) is 10.3 Å². The summed E-state index contributed by atoms with van der Waals surface area (Å²) in [6.45, 7) is 0. The van der Waals surface area contributed by atoms with Crippen molar-refractivity contribution in [1.29, 1.82) is 0 Å². The lowest BCUT2D eigenvalue weighted by atomic mass is 10.1. The second kappa shape index (κ2) is 2.65. The van der Waals surface area contributed by atoms with Gasteiger partial charge in [0, 0.05) is 13.0 Å². The zero-order valence-corrected chi connectivity index (χ0v) is 8.18. The van der Waals surface area contributed by atoms with Gasteiger partial charge in [-0.05, 0) is 24.7 Å². The van der Waals surface area contributed by atoms with Crippen LogP contribution in [-0.2, 0) is 7.05 Å². The Morgan fingerprint density at radius 2 is 2.21 bits per heavy atom. The van der Waals surface area contributed by atoms with Crippen LogP contribution < -0.4 is 0 Å². The number of aromatic nitrogens is 3. The zero-order valence-electron chi connectivity index (χ0n) is 8.18. The fraction of sp³-hybridized carbons (Fsp3) is 0.700. The number of Topliss-reactive ketones (excluding diaryl/α,β-unsaturated/α-hetero) is 1. The number of hydrogen-bond donors (Lipinski definition) is 0. The molecule has 0 radical (unpaired) electrons. The van der Waals surface area contributed by atoms with E-state index in [9.17, 15) is 4.79 Å². The van der Waals surface area contributed by atoms with Crippen LogP contribution in [0.4, 0.5) is 0 Å². The molecule has 2 saturated carbocycles. The van der Waals surface area contributed by atoms with Crippen molar-refractivity contribution < 1.29 is 4.79 Å². The Labute approximate surface area is 82.3 Å². The molecule has 1 aromatic heterocycles. The molecule has 0 spiro atoms. The first-order chi connectivity index (χ1) is 6.79. The number of carbonyl (C=O) groups excluding carboxylic acids is 1. The van der Waals surface area contributed by atoms with Crippen molar-refractivity contribution in [1.82, 2.24) is 15.0 Å². The Morgan fingerprint density at radius 1 is 1.50 bits per heavy atom. The fourth-order valence-corrected chi connectivity index (χ4v) is 2.89. The molecule has 0 amide bonds. The van der Waals surface area contributed by atoms with E-state index in [0.29, 0.717) is 23.4 Å². The highest BCUT2D eigenvalue weighted by atomic mass is 16.1. The predicted octanol–water partition coefficient (Wildman–Crippen LogP) is 1.04. The third-order valence-corrected chi connectivity index (χ3v) is 3.68. The van der Waals surface area contributed by atoms with Crippen LogP contribution in [0.3, 0.4) is 0 Å². The van der Waals surface area contributed by atoms with Gasteiger partial charge in [0.05, 0.1) is 6.20 Å². The summed E-state index contributed by atoms with van der Waals surface area (Å²) in [5, 5.41) is 7.53. The van der Waals surface area contributed by atoms with Gasteiger partial charge in [-0.1, -0.05) is 11.6 Å². The highest BCUT2D eigenvalue weighted by Crippen LogP contribution is 2.58. The Bertz CT molecular complexity index is 374. The van der Waals surface area contributed by atoms with Crippen LogP contribution in [0.5, 0.6) is 0 Å². The molecule has 4 heteroatoms. The van der Waals surface area contributed by atoms with E-state index in [4.69, 9.17) is 0 Å². The van der Waals surface area contributed by atoms with Gasteiger partial charge in [0.25, 0.3) is 0 Å². The molecule has 2 aliphatic rings. The lowest BCUT2D eigenvalue weighted by molar-refractivity contribution is 0.0942. The van der Waals surface area contributed by atoms with Crippen LogP contribution in [0.1, 0.15) is 29.8 Å². The summed E-state index contributed by atoms with van der Waals surface area (Å²) in [7, 11) is 1.78. The average molecular weight is 191 g/mol. The molecule has 4 nitrogen and oxygen atoms in total. The minimum Gasteiger partial charge on any atom is -0.292 e. The summed E-state index contributed by atoms with van der Waals surface area (Å²) in [5.74, 6) is 1.91. The third kappa shape index (κ3) is 0.966. The van der Waals surface area contributed by atoms with E-state index in [1.54, 1.807) is 17.9 Å². The Balaban J connectivity index is 1.82. The first-order valence-electron chi connectivity index (χ1n) is 5.18. The maximum Gasteiger partial charge on any atom is 0.186 e.